The highest BCUT2D eigenvalue weighted by Gasteiger charge is 2.14. The highest BCUT2D eigenvalue weighted by Crippen LogP contribution is 2.30. The molecule has 0 radical (unpaired) electrons. The van der Waals surface area contributed by atoms with Crippen LogP contribution in [-0.4, -0.2) is 0 Å². The number of aryl methyl sites for hydroxylation is 1. The van der Waals surface area contributed by atoms with E-state index < -0.39 is 0 Å². The Morgan fingerprint density at radius 3 is 3.08 bits per heavy atom. The van der Waals surface area contributed by atoms with Crippen LogP contribution in [0.4, 0.5) is 0 Å². The van der Waals surface area contributed by atoms with Gasteiger partial charge in [0.15, 0.2) is 0 Å². The molecule has 1 heterocycles. The molecule has 0 saturated heterocycles. The summed E-state index contributed by atoms with van der Waals surface area (Å²) in [7, 11) is 0. The zero-order valence-electron chi connectivity index (χ0n) is 7.01. The normalized spacial score (nSPS) is 16.1. The van der Waals surface area contributed by atoms with Gasteiger partial charge in [-0.1, -0.05) is 0 Å². The molecule has 1 aliphatic carbocycles. The molecular formula is C9H13NOS. The fraction of sp³-hybridized carbons (Fsp3) is 0.556. The molecule has 0 aliphatic heterocycles. The van der Waals surface area contributed by atoms with Crippen LogP contribution in [0.3, 0.4) is 0 Å². The van der Waals surface area contributed by atoms with Crippen molar-refractivity contribution in [3.8, 4) is 0 Å². The zero-order valence-corrected chi connectivity index (χ0v) is 7.82. The van der Waals surface area contributed by atoms with Gasteiger partial charge in [-0.2, -0.15) is 0 Å². The zero-order chi connectivity index (χ0) is 8.39. The number of hydrogen-bond donors (Lipinski definition) is 1. The summed E-state index contributed by atoms with van der Waals surface area (Å²) in [6, 6.07) is 0. The van der Waals surface area contributed by atoms with Gasteiger partial charge < -0.3 is 0 Å². The van der Waals surface area contributed by atoms with E-state index >= 15 is 0 Å². The summed E-state index contributed by atoms with van der Waals surface area (Å²) in [6.45, 7) is 0.575. The Morgan fingerprint density at radius 1 is 1.42 bits per heavy atom. The largest absolute Gasteiger partial charge is 0.300 e. The quantitative estimate of drug-likeness (QED) is 0.712. The van der Waals surface area contributed by atoms with Crippen LogP contribution in [0.5, 0.6) is 0 Å². The standard InChI is InChI=1S/C9H13NOS/c10-11-5-7-6-12-9-4-2-1-3-8(7)9/h6H,1-5,10H2. The molecule has 0 spiro atoms. The topological polar surface area (TPSA) is 35.2 Å². The lowest BCUT2D eigenvalue weighted by Gasteiger charge is -2.11. The molecule has 2 nitrogen and oxygen atoms in total. The maximum Gasteiger partial charge on any atom is 0.0940 e. The van der Waals surface area contributed by atoms with Crippen LogP contribution >= 0.6 is 11.3 Å². The van der Waals surface area contributed by atoms with E-state index in [1.54, 1.807) is 4.88 Å². The Hall–Kier alpha value is -0.380. The van der Waals surface area contributed by atoms with Crippen molar-refractivity contribution in [2.75, 3.05) is 0 Å². The smallest absolute Gasteiger partial charge is 0.0940 e. The Bertz CT molecular complexity index is 269. The van der Waals surface area contributed by atoms with Crippen molar-refractivity contribution in [3.63, 3.8) is 0 Å². The minimum atomic E-state index is 0.575. The first-order valence-corrected chi connectivity index (χ1v) is 5.19. The van der Waals surface area contributed by atoms with Gasteiger partial charge in [0.25, 0.3) is 0 Å². The molecule has 66 valence electrons. The summed E-state index contributed by atoms with van der Waals surface area (Å²) in [5.74, 6) is 5.06. The summed E-state index contributed by atoms with van der Waals surface area (Å²) < 4.78 is 0. The minimum absolute atomic E-state index is 0.575. The lowest BCUT2D eigenvalue weighted by atomic mass is 9.96. The maximum atomic E-state index is 5.06. The van der Waals surface area contributed by atoms with Gasteiger partial charge >= 0.3 is 0 Å². The van der Waals surface area contributed by atoms with Gasteiger partial charge in [0.05, 0.1) is 6.61 Å². The average molecular weight is 183 g/mol. The van der Waals surface area contributed by atoms with Crippen molar-refractivity contribution >= 4 is 11.3 Å². The molecule has 0 atom stereocenters. The molecular weight excluding hydrogens is 170 g/mol. The predicted octanol–water partition coefficient (Wildman–Crippen LogP) is 2.02. The van der Waals surface area contributed by atoms with Crippen molar-refractivity contribution in [2.45, 2.75) is 32.3 Å². The van der Waals surface area contributed by atoms with Gasteiger partial charge in [-0.15, -0.1) is 11.3 Å². The molecule has 2 N–H and O–H groups in total. The van der Waals surface area contributed by atoms with Crippen LogP contribution in [0.2, 0.25) is 0 Å². The molecule has 12 heavy (non-hydrogen) atoms. The van der Waals surface area contributed by atoms with E-state index in [-0.39, 0.29) is 0 Å². The third kappa shape index (κ3) is 1.40. The summed E-state index contributed by atoms with van der Waals surface area (Å²) in [5, 5.41) is 2.18. The van der Waals surface area contributed by atoms with E-state index in [2.05, 4.69) is 10.2 Å². The van der Waals surface area contributed by atoms with E-state index in [0.717, 1.165) is 0 Å². The summed E-state index contributed by atoms with van der Waals surface area (Å²) in [5.41, 5.74) is 2.81. The second-order valence-corrected chi connectivity index (χ2v) is 4.14. The van der Waals surface area contributed by atoms with Gasteiger partial charge in [-0.25, -0.2) is 5.90 Å². The highest BCUT2D eigenvalue weighted by molar-refractivity contribution is 7.10. The molecule has 0 fully saturated rings. The average Bonchev–Trinajstić information content (AvgIpc) is 2.50. The first-order chi connectivity index (χ1) is 5.92. The first-order valence-electron chi connectivity index (χ1n) is 4.31. The van der Waals surface area contributed by atoms with E-state index in [4.69, 9.17) is 5.90 Å². The Morgan fingerprint density at radius 2 is 2.25 bits per heavy atom. The lowest BCUT2D eigenvalue weighted by Crippen LogP contribution is -2.04. The molecule has 2 rings (SSSR count). The molecule has 0 aromatic carbocycles. The molecule has 1 aromatic heterocycles. The van der Waals surface area contributed by atoms with Gasteiger partial charge in [0.1, 0.15) is 0 Å². The van der Waals surface area contributed by atoms with E-state index in [1.165, 1.54) is 36.8 Å². The minimum Gasteiger partial charge on any atom is -0.300 e. The molecule has 3 heteroatoms. The fourth-order valence-corrected chi connectivity index (χ4v) is 2.90. The molecule has 1 aromatic rings. The maximum absolute atomic E-state index is 5.06. The third-order valence-corrected chi connectivity index (χ3v) is 3.52. The Kier molecular flexibility index (Phi) is 2.44. The van der Waals surface area contributed by atoms with Crippen LogP contribution in [-0.2, 0) is 24.3 Å². The third-order valence-electron chi connectivity index (χ3n) is 2.39. The Labute approximate surface area is 76.3 Å². The van der Waals surface area contributed by atoms with Crippen molar-refractivity contribution in [2.24, 2.45) is 5.90 Å². The van der Waals surface area contributed by atoms with Crippen molar-refractivity contribution in [1.82, 2.24) is 0 Å². The summed E-state index contributed by atoms with van der Waals surface area (Å²) in [6.07, 6.45) is 5.14. The van der Waals surface area contributed by atoms with Gasteiger partial charge in [-0.3, -0.25) is 4.84 Å². The number of hydrogen-bond acceptors (Lipinski definition) is 3. The van der Waals surface area contributed by atoms with Crippen LogP contribution in [0, 0.1) is 0 Å². The number of rotatable bonds is 2. The number of thiophene rings is 1. The van der Waals surface area contributed by atoms with Crippen LogP contribution in [0.1, 0.15) is 28.8 Å². The van der Waals surface area contributed by atoms with E-state index in [9.17, 15) is 0 Å². The van der Waals surface area contributed by atoms with Gasteiger partial charge in [0, 0.05) is 4.88 Å². The first kappa shape index (κ1) is 8.23. The predicted molar refractivity (Wildman–Crippen MR) is 49.9 cm³/mol. The van der Waals surface area contributed by atoms with Gasteiger partial charge in [-0.05, 0) is 42.2 Å². The Balaban J connectivity index is 2.25. The molecule has 0 saturated carbocycles. The molecule has 0 bridgehead atoms. The van der Waals surface area contributed by atoms with E-state index in [0.29, 0.717) is 6.61 Å². The summed E-state index contributed by atoms with van der Waals surface area (Å²) >= 11 is 1.86. The molecule has 0 amide bonds. The number of nitrogens with two attached hydrogens (primary N) is 1. The van der Waals surface area contributed by atoms with Crippen molar-refractivity contribution < 1.29 is 4.84 Å². The molecule has 1 aliphatic rings. The summed E-state index contributed by atoms with van der Waals surface area (Å²) in [4.78, 5) is 6.21. The SMILES string of the molecule is NOCc1csc2c1CCCC2. The van der Waals surface area contributed by atoms with E-state index in [1.807, 2.05) is 11.3 Å². The fourth-order valence-electron chi connectivity index (χ4n) is 1.77. The highest BCUT2D eigenvalue weighted by atomic mass is 32.1. The second-order valence-electron chi connectivity index (χ2n) is 3.18. The van der Waals surface area contributed by atoms with Crippen molar-refractivity contribution in [1.29, 1.82) is 0 Å². The van der Waals surface area contributed by atoms with Crippen molar-refractivity contribution in [3.05, 3.63) is 21.4 Å². The van der Waals surface area contributed by atoms with Crippen LogP contribution in [0.15, 0.2) is 5.38 Å². The monoisotopic (exact) mass is 183 g/mol. The van der Waals surface area contributed by atoms with Crippen LogP contribution in [0.25, 0.3) is 0 Å². The lowest BCUT2D eigenvalue weighted by molar-refractivity contribution is 0.123. The van der Waals surface area contributed by atoms with Crippen LogP contribution < -0.4 is 5.90 Å². The molecule has 0 unspecified atom stereocenters. The second kappa shape index (κ2) is 3.56. The number of fused-ring (bicyclic) bond motifs is 1. The van der Waals surface area contributed by atoms with Gasteiger partial charge in [0.2, 0.25) is 0 Å².